The lowest BCUT2D eigenvalue weighted by atomic mass is 10.1. The molecule has 3 N–H and O–H groups in total. The summed E-state index contributed by atoms with van der Waals surface area (Å²) in [5, 5.41) is 20.8. The third kappa shape index (κ3) is 4.96. The van der Waals surface area contributed by atoms with E-state index in [1.54, 1.807) is 28.9 Å². The van der Waals surface area contributed by atoms with Crippen molar-refractivity contribution in [1.82, 2.24) is 20.1 Å². The van der Waals surface area contributed by atoms with Crippen molar-refractivity contribution in [2.45, 2.75) is 32.4 Å². The number of benzene rings is 2. The number of aromatic nitrogens is 3. The molecule has 34 heavy (non-hydrogen) atoms. The Morgan fingerprint density at radius 3 is 2.50 bits per heavy atom. The molecule has 176 valence electrons. The summed E-state index contributed by atoms with van der Waals surface area (Å²) >= 11 is 7.16. The van der Waals surface area contributed by atoms with Crippen molar-refractivity contribution in [2.24, 2.45) is 0 Å². The van der Waals surface area contributed by atoms with Crippen LogP contribution in [0.25, 0.3) is 10.3 Å². The van der Waals surface area contributed by atoms with Crippen LogP contribution in [-0.4, -0.2) is 38.3 Å². The summed E-state index contributed by atoms with van der Waals surface area (Å²) in [6, 6.07) is 15.2. The summed E-state index contributed by atoms with van der Waals surface area (Å²) < 4.78 is 2.21. The summed E-state index contributed by atoms with van der Waals surface area (Å²) in [4.78, 5) is 30.4. The summed E-state index contributed by atoms with van der Waals surface area (Å²) in [5.41, 5.74) is 1.39. The lowest BCUT2D eigenvalue weighted by Gasteiger charge is -2.19. The quantitative estimate of drug-likeness (QED) is 0.360. The fourth-order valence-corrected chi connectivity index (χ4v) is 4.53. The highest BCUT2D eigenvalue weighted by Gasteiger charge is 2.28. The number of aliphatic hydroxyl groups excluding tert-OH is 1. The number of rotatable bonds is 6. The Morgan fingerprint density at radius 2 is 1.85 bits per heavy atom. The van der Waals surface area contributed by atoms with Crippen LogP contribution in [0.3, 0.4) is 0 Å². The topological polar surface area (TPSA) is 109 Å². The Kier molecular flexibility index (Phi) is 6.70. The summed E-state index contributed by atoms with van der Waals surface area (Å²) in [6.45, 7) is 5.59. The monoisotopic (exact) mass is 497 g/mol. The molecule has 0 spiro atoms. The number of hydrogen-bond donors (Lipinski definition) is 3. The van der Waals surface area contributed by atoms with Gasteiger partial charge in [0.25, 0.3) is 11.8 Å². The van der Waals surface area contributed by atoms with Gasteiger partial charge in [0.1, 0.15) is 4.70 Å². The lowest BCUT2D eigenvalue weighted by Crippen LogP contribution is -2.31. The van der Waals surface area contributed by atoms with Crippen LogP contribution in [0.4, 0.5) is 5.13 Å². The zero-order chi connectivity index (χ0) is 24.5. The number of halogens is 1. The third-order valence-corrected chi connectivity index (χ3v) is 6.27. The zero-order valence-electron chi connectivity index (χ0n) is 18.9. The number of carbonyl (C=O) groups excluding carboxylic acids is 2. The van der Waals surface area contributed by atoms with Gasteiger partial charge in [0.15, 0.2) is 16.5 Å². The van der Waals surface area contributed by atoms with E-state index in [2.05, 4.69) is 20.7 Å². The van der Waals surface area contributed by atoms with Crippen LogP contribution in [0.1, 0.15) is 53.2 Å². The number of thiazole rings is 1. The molecule has 2 aromatic heterocycles. The SMILES string of the molecule is CC(C)(C)n1nc(C(=O)N[C@@H](CO)c2ccccc2)c2sc(NC(=O)c3cccc(Cl)c3)nc21. The molecular weight excluding hydrogens is 474 g/mol. The number of aliphatic hydroxyl groups is 1. The third-order valence-electron chi connectivity index (χ3n) is 5.07. The normalized spacial score (nSPS) is 12.5. The highest BCUT2D eigenvalue weighted by molar-refractivity contribution is 7.22. The maximum absolute atomic E-state index is 13.2. The number of amides is 2. The van der Waals surface area contributed by atoms with Gasteiger partial charge in [-0.15, -0.1) is 0 Å². The number of fused-ring (bicyclic) bond motifs is 1. The molecule has 2 heterocycles. The van der Waals surface area contributed by atoms with E-state index in [9.17, 15) is 14.7 Å². The molecule has 0 saturated carbocycles. The lowest BCUT2D eigenvalue weighted by molar-refractivity contribution is 0.0910. The zero-order valence-corrected chi connectivity index (χ0v) is 20.4. The van der Waals surface area contributed by atoms with Gasteiger partial charge in [-0.2, -0.15) is 10.1 Å². The Balaban J connectivity index is 1.67. The first-order valence-corrected chi connectivity index (χ1v) is 11.8. The van der Waals surface area contributed by atoms with Crippen LogP contribution in [0.2, 0.25) is 5.02 Å². The molecule has 0 saturated heterocycles. The highest BCUT2D eigenvalue weighted by atomic mass is 35.5. The van der Waals surface area contributed by atoms with Gasteiger partial charge in [-0.05, 0) is 44.5 Å². The minimum absolute atomic E-state index is 0.181. The van der Waals surface area contributed by atoms with Crippen LogP contribution in [-0.2, 0) is 5.54 Å². The summed E-state index contributed by atoms with van der Waals surface area (Å²) in [6.07, 6.45) is 0. The second-order valence-corrected chi connectivity index (χ2v) is 10.1. The van der Waals surface area contributed by atoms with Gasteiger partial charge in [0.2, 0.25) is 0 Å². The number of nitrogens with zero attached hydrogens (tertiary/aromatic N) is 3. The number of carbonyl (C=O) groups is 2. The van der Waals surface area contributed by atoms with Gasteiger partial charge < -0.3 is 10.4 Å². The fourth-order valence-electron chi connectivity index (χ4n) is 3.42. The van der Waals surface area contributed by atoms with Crippen LogP contribution < -0.4 is 10.6 Å². The van der Waals surface area contributed by atoms with E-state index in [1.165, 1.54) is 0 Å². The molecule has 2 aromatic carbocycles. The number of anilines is 1. The molecule has 1 atom stereocenters. The molecule has 0 aliphatic carbocycles. The first kappa shape index (κ1) is 23.9. The fraction of sp³-hybridized carbons (Fsp3) is 0.250. The van der Waals surface area contributed by atoms with Crippen LogP contribution in [0.15, 0.2) is 54.6 Å². The smallest absolute Gasteiger partial charge is 0.273 e. The Morgan fingerprint density at radius 1 is 1.12 bits per heavy atom. The van der Waals surface area contributed by atoms with E-state index in [-0.39, 0.29) is 18.2 Å². The second kappa shape index (κ2) is 9.54. The molecule has 0 bridgehead atoms. The maximum Gasteiger partial charge on any atom is 0.273 e. The van der Waals surface area contributed by atoms with Crippen molar-refractivity contribution in [3.63, 3.8) is 0 Å². The Hall–Kier alpha value is -3.27. The van der Waals surface area contributed by atoms with Gasteiger partial charge in [-0.25, -0.2) is 4.68 Å². The van der Waals surface area contributed by atoms with E-state index in [0.717, 1.165) is 16.9 Å². The molecule has 0 fully saturated rings. The van der Waals surface area contributed by atoms with Crippen molar-refractivity contribution in [3.8, 4) is 0 Å². The van der Waals surface area contributed by atoms with Crippen LogP contribution >= 0.6 is 22.9 Å². The minimum Gasteiger partial charge on any atom is -0.394 e. The van der Waals surface area contributed by atoms with Gasteiger partial charge in [-0.1, -0.05) is 59.3 Å². The van der Waals surface area contributed by atoms with Crippen LogP contribution in [0, 0.1) is 0 Å². The van der Waals surface area contributed by atoms with Crippen LogP contribution in [0.5, 0.6) is 0 Å². The first-order chi connectivity index (χ1) is 16.2. The molecule has 4 rings (SSSR count). The Labute approximate surface area is 205 Å². The van der Waals surface area contributed by atoms with Gasteiger partial charge >= 0.3 is 0 Å². The molecule has 8 nitrogen and oxygen atoms in total. The first-order valence-electron chi connectivity index (χ1n) is 10.6. The standard InChI is InChI=1S/C24H24ClN5O3S/c1-24(2,3)30-20-19(34-23(27-20)28-21(32)15-10-7-11-16(25)12-15)18(29-30)22(33)26-17(13-31)14-8-5-4-6-9-14/h4-12,17,31H,13H2,1-3H3,(H,26,33)(H,27,28,32)/t17-/m0/s1. The van der Waals surface area contributed by atoms with Crippen molar-refractivity contribution < 1.29 is 14.7 Å². The average molecular weight is 498 g/mol. The molecule has 0 radical (unpaired) electrons. The predicted octanol–water partition coefficient (Wildman–Crippen LogP) is 4.62. The number of hydrogen-bond acceptors (Lipinski definition) is 6. The van der Waals surface area contributed by atoms with Gasteiger partial charge in [0.05, 0.1) is 18.2 Å². The van der Waals surface area contributed by atoms with Crippen molar-refractivity contribution in [1.29, 1.82) is 0 Å². The summed E-state index contributed by atoms with van der Waals surface area (Å²) in [7, 11) is 0. The molecule has 2 amide bonds. The van der Waals surface area contributed by atoms with E-state index < -0.39 is 17.5 Å². The number of nitrogens with one attached hydrogen (secondary N) is 2. The predicted molar refractivity (Wildman–Crippen MR) is 134 cm³/mol. The molecule has 0 aliphatic rings. The van der Waals surface area contributed by atoms with Crippen molar-refractivity contribution >= 4 is 50.2 Å². The highest BCUT2D eigenvalue weighted by Crippen LogP contribution is 2.33. The Bertz CT molecular complexity index is 1340. The van der Waals surface area contributed by atoms with Crippen molar-refractivity contribution in [2.75, 3.05) is 11.9 Å². The van der Waals surface area contributed by atoms with Crippen molar-refractivity contribution in [3.05, 3.63) is 76.4 Å². The maximum atomic E-state index is 13.2. The van der Waals surface area contributed by atoms with E-state index in [1.807, 2.05) is 51.1 Å². The van der Waals surface area contributed by atoms with E-state index in [0.29, 0.717) is 26.1 Å². The molecule has 4 aromatic rings. The van der Waals surface area contributed by atoms with Gasteiger partial charge in [-0.3, -0.25) is 14.9 Å². The summed E-state index contributed by atoms with van der Waals surface area (Å²) in [5.74, 6) is -0.795. The molecular formula is C24H24ClN5O3S. The van der Waals surface area contributed by atoms with Gasteiger partial charge in [0, 0.05) is 10.6 Å². The second-order valence-electron chi connectivity index (χ2n) is 8.69. The molecule has 10 heteroatoms. The molecule has 0 aliphatic heterocycles. The average Bonchev–Trinajstić information content (AvgIpc) is 3.36. The molecule has 0 unspecified atom stereocenters. The minimum atomic E-state index is -0.585. The van der Waals surface area contributed by atoms with E-state index in [4.69, 9.17) is 11.6 Å². The van der Waals surface area contributed by atoms with E-state index >= 15 is 0 Å². The largest absolute Gasteiger partial charge is 0.394 e.